The predicted molar refractivity (Wildman–Crippen MR) is 65.6 cm³/mol. The van der Waals surface area contributed by atoms with Crippen LogP contribution in [0.3, 0.4) is 0 Å². The Morgan fingerprint density at radius 2 is 2.18 bits per heavy atom. The first-order valence-electron chi connectivity index (χ1n) is 5.97. The van der Waals surface area contributed by atoms with E-state index in [0.29, 0.717) is 13.2 Å². The van der Waals surface area contributed by atoms with E-state index < -0.39 is 0 Å². The number of piperazine rings is 1. The maximum Gasteiger partial charge on any atom is 0.184 e. The van der Waals surface area contributed by atoms with Gasteiger partial charge < -0.3 is 20.1 Å². The molecule has 1 fully saturated rings. The fourth-order valence-electron chi connectivity index (χ4n) is 2.30. The molecule has 0 radical (unpaired) electrons. The lowest BCUT2D eigenvalue weighted by Crippen LogP contribution is -2.55. The molecule has 5 heteroatoms. The van der Waals surface area contributed by atoms with Gasteiger partial charge in [-0.15, -0.1) is 0 Å². The van der Waals surface area contributed by atoms with Crippen molar-refractivity contribution in [1.29, 1.82) is 0 Å². The molecule has 0 saturated carbocycles. The Morgan fingerprint density at radius 3 is 3.06 bits per heavy atom. The van der Waals surface area contributed by atoms with Crippen molar-refractivity contribution in [1.82, 2.24) is 5.32 Å². The predicted octanol–water partition coefficient (Wildman–Crippen LogP) is 0.152. The van der Waals surface area contributed by atoms with Crippen molar-refractivity contribution in [2.45, 2.75) is 6.17 Å². The molecule has 1 aromatic rings. The molecule has 92 valence electrons. The summed E-state index contributed by atoms with van der Waals surface area (Å²) < 4.78 is 11.3. The second kappa shape index (κ2) is 4.43. The highest BCUT2D eigenvalue weighted by Crippen LogP contribution is 2.39. The number of rotatable bonds is 1. The van der Waals surface area contributed by atoms with Gasteiger partial charge in [0.2, 0.25) is 0 Å². The zero-order valence-electron chi connectivity index (χ0n) is 9.69. The molecule has 5 nitrogen and oxygen atoms in total. The minimum Gasteiger partial charge on any atom is -0.486 e. The van der Waals surface area contributed by atoms with Crippen molar-refractivity contribution < 1.29 is 9.47 Å². The van der Waals surface area contributed by atoms with Gasteiger partial charge in [0.05, 0.1) is 11.9 Å². The molecule has 3 rings (SSSR count). The summed E-state index contributed by atoms with van der Waals surface area (Å²) in [5.41, 5.74) is 7.00. The van der Waals surface area contributed by atoms with Crippen molar-refractivity contribution in [3.05, 3.63) is 18.2 Å². The Balaban J connectivity index is 1.91. The van der Waals surface area contributed by atoms with E-state index in [1.807, 2.05) is 12.1 Å². The van der Waals surface area contributed by atoms with Gasteiger partial charge in [0.15, 0.2) is 11.5 Å². The highest BCUT2D eigenvalue weighted by Gasteiger charge is 2.23. The monoisotopic (exact) mass is 235 g/mol. The average Bonchev–Trinajstić information content (AvgIpc) is 2.38. The van der Waals surface area contributed by atoms with Crippen molar-refractivity contribution in [3.63, 3.8) is 0 Å². The average molecular weight is 235 g/mol. The van der Waals surface area contributed by atoms with E-state index >= 15 is 0 Å². The number of nitrogens with zero attached hydrogens (tertiary/aromatic N) is 1. The van der Waals surface area contributed by atoms with E-state index in [9.17, 15) is 0 Å². The molecule has 0 aromatic heterocycles. The van der Waals surface area contributed by atoms with Gasteiger partial charge in [0.25, 0.3) is 0 Å². The van der Waals surface area contributed by atoms with Gasteiger partial charge in [-0.25, -0.2) is 0 Å². The van der Waals surface area contributed by atoms with Crippen LogP contribution in [0.5, 0.6) is 11.5 Å². The zero-order valence-corrected chi connectivity index (χ0v) is 9.69. The summed E-state index contributed by atoms with van der Waals surface area (Å²) in [6.45, 7) is 3.86. The number of anilines is 1. The van der Waals surface area contributed by atoms with Crippen molar-refractivity contribution in [3.8, 4) is 11.5 Å². The van der Waals surface area contributed by atoms with Crippen molar-refractivity contribution in [2.24, 2.45) is 5.73 Å². The largest absolute Gasteiger partial charge is 0.486 e. The molecule has 2 heterocycles. The molecule has 1 saturated heterocycles. The van der Waals surface area contributed by atoms with Gasteiger partial charge in [0.1, 0.15) is 13.2 Å². The Morgan fingerprint density at radius 1 is 1.29 bits per heavy atom. The molecule has 1 unspecified atom stereocenters. The number of nitrogens with two attached hydrogens (primary N) is 1. The van der Waals surface area contributed by atoms with Gasteiger partial charge in [-0.05, 0) is 12.1 Å². The van der Waals surface area contributed by atoms with Gasteiger partial charge >= 0.3 is 0 Å². The van der Waals surface area contributed by atoms with Crippen LogP contribution < -0.4 is 25.4 Å². The Hall–Kier alpha value is -1.46. The fourth-order valence-corrected chi connectivity index (χ4v) is 2.30. The quantitative estimate of drug-likeness (QED) is 0.725. The zero-order chi connectivity index (χ0) is 11.7. The molecule has 0 aliphatic carbocycles. The van der Waals surface area contributed by atoms with Gasteiger partial charge in [-0.2, -0.15) is 0 Å². The summed E-state index contributed by atoms with van der Waals surface area (Å²) in [7, 11) is 0. The number of benzene rings is 1. The molecule has 0 spiro atoms. The van der Waals surface area contributed by atoms with Crippen LogP contribution in [0.2, 0.25) is 0 Å². The number of hydrogen-bond donors (Lipinski definition) is 2. The lowest BCUT2D eigenvalue weighted by Gasteiger charge is -2.35. The van der Waals surface area contributed by atoms with E-state index in [-0.39, 0.29) is 6.17 Å². The highest BCUT2D eigenvalue weighted by molar-refractivity contribution is 5.65. The maximum absolute atomic E-state index is 5.91. The third-order valence-corrected chi connectivity index (χ3v) is 3.09. The van der Waals surface area contributed by atoms with Crippen molar-refractivity contribution >= 4 is 5.69 Å². The number of para-hydroxylation sites is 1. The second-order valence-corrected chi connectivity index (χ2v) is 4.31. The summed E-state index contributed by atoms with van der Waals surface area (Å²) in [6, 6.07) is 6.00. The van der Waals surface area contributed by atoms with Crippen LogP contribution in [0.4, 0.5) is 5.69 Å². The standard InChI is InChI=1S/C12H17N3O2/c13-11-8-15(5-4-14-11)9-2-1-3-10-12(9)17-7-6-16-10/h1-3,11,14H,4-8,13H2. The van der Waals surface area contributed by atoms with Gasteiger partial charge in [-0.3, -0.25) is 5.32 Å². The lowest BCUT2D eigenvalue weighted by molar-refractivity contribution is 0.172. The molecule has 1 atom stereocenters. The lowest BCUT2D eigenvalue weighted by atomic mass is 10.2. The van der Waals surface area contributed by atoms with Crippen LogP contribution in [0.25, 0.3) is 0 Å². The van der Waals surface area contributed by atoms with Crippen LogP contribution >= 0.6 is 0 Å². The SMILES string of the molecule is NC1CN(c2cccc3c2OCCO3)CCN1. The van der Waals surface area contributed by atoms with Crippen LogP contribution in [0.1, 0.15) is 0 Å². The van der Waals surface area contributed by atoms with E-state index in [0.717, 1.165) is 36.8 Å². The van der Waals surface area contributed by atoms with Crippen LogP contribution in [-0.4, -0.2) is 39.0 Å². The van der Waals surface area contributed by atoms with E-state index in [4.69, 9.17) is 15.2 Å². The number of fused-ring (bicyclic) bond motifs is 1. The number of hydrogen-bond acceptors (Lipinski definition) is 5. The topological polar surface area (TPSA) is 59.8 Å². The summed E-state index contributed by atoms with van der Waals surface area (Å²) >= 11 is 0. The molecule has 0 bridgehead atoms. The minimum absolute atomic E-state index is 0.0177. The maximum atomic E-state index is 5.91. The molecule has 17 heavy (non-hydrogen) atoms. The molecular weight excluding hydrogens is 218 g/mol. The molecule has 2 aliphatic heterocycles. The molecule has 3 N–H and O–H groups in total. The second-order valence-electron chi connectivity index (χ2n) is 4.31. The summed E-state index contributed by atoms with van der Waals surface area (Å²) in [6.07, 6.45) is 0.0177. The number of nitrogens with one attached hydrogen (secondary N) is 1. The van der Waals surface area contributed by atoms with Crippen molar-refractivity contribution in [2.75, 3.05) is 37.7 Å². The molecule has 0 amide bonds. The Bertz CT molecular complexity index is 411. The van der Waals surface area contributed by atoms with E-state index in [1.165, 1.54) is 0 Å². The van der Waals surface area contributed by atoms with Crippen LogP contribution in [-0.2, 0) is 0 Å². The number of ether oxygens (including phenoxy) is 2. The smallest absolute Gasteiger partial charge is 0.184 e. The molecular formula is C12H17N3O2. The van der Waals surface area contributed by atoms with Crippen LogP contribution in [0.15, 0.2) is 18.2 Å². The Labute approximate surface area is 100 Å². The fraction of sp³-hybridized carbons (Fsp3) is 0.500. The highest BCUT2D eigenvalue weighted by atomic mass is 16.6. The third-order valence-electron chi connectivity index (χ3n) is 3.09. The summed E-state index contributed by atoms with van der Waals surface area (Å²) in [5, 5.41) is 3.23. The first-order chi connectivity index (χ1) is 8.34. The summed E-state index contributed by atoms with van der Waals surface area (Å²) in [5.74, 6) is 1.69. The molecule has 1 aromatic carbocycles. The first kappa shape index (κ1) is 10.7. The van der Waals surface area contributed by atoms with E-state index in [2.05, 4.69) is 16.3 Å². The first-order valence-corrected chi connectivity index (χ1v) is 5.97. The van der Waals surface area contributed by atoms with Crippen LogP contribution in [0, 0.1) is 0 Å². The van der Waals surface area contributed by atoms with Gasteiger partial charge in [-0.1, -0.05) is 6.07 Å². The minimum atomic E-state index is 0.0177. The van der Waals surface area contributed by atoms with E-state index in [1.54, 1.807) is 0 Å². The third kappa shape index (κ3) is 2.03. The normalized spacial score (nSPS) is 23.6. The Kier molecular flexibility index (Phi) is 2.78. The molecule has 2 aliphatic rings. The van der Waals surface area contributed by atoms with Gasteiger partial charge in [0, 0.05) is 19.6 Å². The summed E-state index contributed by atoms with van der Waals surface area (Å²) in [4.78, 5) is 2.24.